The van der Waals surface area contributed by atoms with Gasteiger partial charge in [-0.1, -0.05) is 53.0 Å². The molecule has 1 aromatic heterocycles. The van der Waals surface area contributed by atoms with Gasteiger partial charge in [0.25, 0.3) is 5.91 Å². The van der Waals surface area contributed by atoms with E-state index in [1.807, 2.05) is 0 Å². The number of carbonyl (C=O) groups excluding carboxylic acids is 1. The number of halogens is 3. The van der Waals surface area contributed by atoms with Crippen molar-refractivity contribution in [1.29, 1.82) is 0 Å². The van der Waals surface area contributed by atoms with Crippen LogP contribution in [0.2, 0.25) is 10.3 Å². The number of anilines is 1. The molecular weight excluding hydrogens is 460 g/mol. The van der Waals surface area contributed by atoms with Crippen molar-refractivity contribution in [3.8, 4) is 0 Å². The number of hydrogen-bond acceptors (Lipinski definition) is 3. The lowest BCUT2D eigenvalue weighted by Crippen LogP contribution is -2.45. The van der Waals surface area contributed by atoms with Crippen LogP contribution in [-0.2, 0) is 12.0 Å². The summed E-state index contributed by atoms with van der Waals surface area (Å²) in [7, 11) is 0. The molecule has 4 nitrogen and oxygen atoms in total. The van der Waals surface area contributed by atoms with Gasteiger partial charge in [-0.2, -0.15) is 0 Å². The molecule has 33 heavy (non-hydrogen) atoms. The van der Waals surface area contributed by atoms with Crippen LogP contribution in [0.4, 0.5) is 10.1 Å². The Hall–Kier alpha value is -2.47. The van der Waals surface area contributed by atoms with Crippen LogP contribution in [0.1, 0.15) is 39.9 Å². The van der Waals surface area contributed by atoms with E-state index in [9.17, 15) is 9.18 Å². The zero-order valence-electron chi connectivity index (χ0n) is 18.3. The minimum absolute atomic E-state index is 0.170. The number of rotatable bonds is 3. The highest BCUT2D eigenvalue weighted by atomic mass is 35.5. The van der Waals surface area contributed by atoms with E-state index in [1.165, 1.54) is 29.3 Å². The molecular formula is C26H24Cl2FN3O. The molecule has 1 saturated heterocycles. The molecule has 5 rings (SSSR count). The molecule has 0 atom stereocenters. The minimum atomic E-state index is -0.278. The Morgan fingerprint density at radius 3 is 2.48 bits per heavy atom. The number of carbonyl (C=O) groups is 1. The topological polar surface area (TPSA) is 36.4 Å². The molecule has 2 aliphatic rings. The average Bonchev–Trinajstić information content (AvgIpc) is 3.07. The van der Waals surface area contributed by atoms with Crippen LogP contribution < -0.4 is 4.90 Å². The van der Waals surface area contributed by atoms with Crippen LogP contribution >= 0.6 is 23.2 Å². The van der Waals surface area contributed by atoms with Crippen LogP contribution in [0, 0.1) is 12.7 Å². The van der Waals surface area contributed by atoms with Gasteiger partial charge < -0.3 is 4.90 Å². The number of fused-ring (bicyclic) bond motifs is 2. The zero-order chi connectivity index (χ0) is 23.2. The van der Waals surface area contributed by atoms with E-state index in [0.717, 1.165) is 43.7 Å². The first-order valence-corrected chi connectivity index (χ1v) is 11.8. The second kappa shape index (κ2) is 8.71. The van der Waals surface area contributed by atoms with Crippen LogP contribution in [0.15, 0.2) is 54.6 Å². The Morgan fingerprint density at radius 2 is 1.79 bits per heavy atom. The minimum Gasteiger partial charge on any atom is -0.307 e. The van der Waals surface area contributed by atoms with E-state index < -0.39 is 0 Å². The summed E-state index contributed by atoms with van der Waals surface area (Å²) in [5.41, 5.74) is 4.34. The number of aromatic nitrogens is 1. The van der Waals surface area contributed by atoms with Crippen LogP contribution in [0.5, 0.6) is 0 Å². The second-order valence-corrected chi connectivity index (χ2v) is 9.87. The number of piperidine rings is 1. The molecule has 0 aliphatic carbocycles. The van der Waals surface area contributed by atoms with Gasteiger partial charge in [0.05, 0.1) is 0 Å². The van der Waals surface area contributed by atoms with Crippen LogP contribution in [0.3, 0.4) is 0 Å². The molecule has 0 saturated carbocycles. The quantitative estimate of drug-likeness (QED) is 0.426. The Labute approximate surface area is 202 Å². The maximum Gasteiger partial charge on any atom is 0.258 e. The molecule has 1 spiro atoms. The molecule has 1 amide bonds. The Balaban J connectivity index is 1.40. The largest absolute Gasteiger partial charge is 0.307 e. The Morgan fingerprint density at radius 1 is 1.06 bits per heavy atom. The first-order chi connectivity index (χ1) is 15.8. The molecule has 0 unspecified atom stereocenters. The summed E-state index contributed by atoms with van der Waals surface area (Å²) in [6, 6.07) is 16.3. The van der Waals surface area contributed by atoms with E-state index in [1.54, 1.807) is 17.0 Å². The third-order valence-corrected chi connectivity index (χ3v) is 7.23. The lowest BCUT2D eigenvalue weighted by molar-refractivity contribution is 0.0975. The smallest absolute Gasteiger partial charge is 0.258 e. The van der Waals surface area contributed by atoms with Gasteiger partial charge in [-0.15, -0.1) is 0 Å². The maximum atomic E-state index is 14.3. The second-order valence-electron chi connectivity index (χ2n) is 9.10. The van der Waals surface area contributed by atoms with Crippen LogP contribution in [0.25, 0.3) is 0 Å². The van der Waals surface area contributed by atoms with Crippen molar-refractivity contribution in [3.63, 3.8) is 0 Å². The van der Waals surface area contributed by atoms with Gasteiger partial charge in [-0.3, -0.25) is 9.69 Å². The van der Waals surface area contributed by atoms with Crippen molar-refractivity contribution in [3.05, 3.63) is 93.0 Å². The standard InChI is InChI=1S/C26H24Cl2FN3O/c1-17-3-2-4-18(11-17)15-31-9-7-26(8-10-31)16-32(22-6-5-20(29)14-21(22)26)25(33)19-12-23(27)30-24(28)13-19/h2-6,11-14H,7-10,15-16H2,1H3. The highest BCUT2D eigenvalue weighted by Gasteiger charge is 2.46. The molecule has 3 aromatic rings. The highest BCUT2D eigenvalue weighted by molar-refractivity contribution is 6.33. The van der Waals surface area contributed by atoms with E-state index in [4.69, 9.17) is 23.2 Å². The van der Waals surface area contributed by atoms with Crippen molar-refractivity contribution in [2.75, 3.05) is 24.5 Å². The van der Waals surface area contributed by atoms with Gasteiger partial charge >= 0.3 is 0 Å². The van der Waals surface area contributed by atoms with Crippen LogP contribution in [-0.4, -0.2) is 35.4 Å². The van der Waals surface area contributed by atoms with Gasteiger partial charge in [-0.25, -0.2) is 9.37 Å². The lowest BCUT2D eigenvalue weighted by atomic mass is 9.74. The van der Waals surface area contributed by atoms with Gasteiger partial charge in [0, 0.05) is 29.8 Å². The summed E-state index contributed by atoms with van der Waals surface area (Å²) < 4.78 is 14.3. The fourth-order valence-electron chi connectivity index (χ4n) is 5.20. The first kappa shape index (κ1) is 22.3. The van der Waals surface area contributed by atoms with Crippen molar-refractivity contribution >= 4 is 34.8 Å². The summed E-state index contributed by atoms with van der Waals surface area (Å²) >= 11 is 12.1. The van der Waals surface area contributed by atoms with Gasteiger partial charge in [0.2, 0.25) is 0 Å². The summed E-state index contributed by atoms with van der Waals surface area (Å²) in [5, 5.41) is 0.340. The molecule has 2 aromatic carbocycles. The monoisotopic (exact) mass is 483 g/mol. The van der Waals surface area contributed by atoms with Gasteiger partial charge in [0.15, 0.2) is 0 Å². The molecule has 170 valence electrons. The molecule has 1 fully saturated rings. The summed E-state index contributed by atoms with van der Waals surface area (Å²) in [6.45, 7) is 5.29. The Kier molecular flexibility index (Phi) is 5.89. The van der Waals surface area contributed by atoms with E-state index >= 15 is 0 Å². The summed E-state index contributed by atoms with van der Waals surface area (Å²) in [6.07, 6.45) is 1.72. The maximum absolute atomic E-state index is 14.3. The van der Waals surface area contributed by atoms with Crippen molar-refractivity contribution in [1.82, 2.24) is 9.88 Å². The van der Waals surface area contributed by atoms with Crippen molar-refractivity contribution < 1.29 is 9.18 Å². The third-order valence-electron chi connectivity index (χ3n) is 6.84. The first-order valence-electron chi connectivity index (χ1n) is 11.1. The number of hydrogen-bond donors (Lipinski definition) is 0. The molecule has 3 heterocycles. The molecule has 0 radical (unpaired) electrons. The predicted octanol–water partition coefficient (Wildman–Crippen LogP) is 6.03. The Bertz CT molecular complexity index is 1200. The molecule has 2 aliphatic heterocycles. The lowest BCUT2D eigenvalue weighted by Gasteiger charge is -2.40. The summed E-state index contributed by atoms with van der Waals surface area (Å²) in [5.74, 6) is -0.479. The van der Waals surface area contributed by atoms with E-state index in [-0.39, 0.29) is 27.4 Å². The number of benzene rings is 2. The molecule has 0 bridgehead atoms. The zero-order valence-corrected chi connectivity index (χ0v) is 19.8. The van der Waals surface area contributed by atoms with Gasteiger partial charge in [-0.05, 0) is 74.3 Å². The van der Waals surface area contributed by atoms with E-state index in [0.29, 0.717) is 12.1 Å². The molecule has 0 N–H and O–H groups in total. The SMILES string of the molecule is Cc1cccc(CN2CCC3(CC2)CN(C(=O)c2cc(Cl)nc(Cl)c2)c2ccc(F)cc23)c1. The number of nitrogens with zero attached hydrogens (tertiary/aromatic N) is 3. The highest BCUT2D eigenvalue weighted by Crippen LogP contribution is 2.48. The van der Waals surface area contributed by atoms with Crippen molar-refractivity contribution in [2.24, 2.45) is 0 Å². The molecule has 7 heteroatoms. The fourth-order valence-corrected chi connectivity index (χ4v) is 5.66. The third kappa shape index (κ3) is 4.37. The summed E-state index contributed by atoms with van der Waals surface area (Å²) in [4.78, 5) is 21.6. The van der Waals surface area contributed by atoms with Gasteiger partial charge in [0.1, 0.15) is 16.1 Å². The number of likely N-dealkylation sites (tertiary alicyclic amines) is 1. The number of amides is 1. The average molecular weight is 484 g/mol. The normalized spacial score (nSPS) is 17.4. The number of pyridine rings is 1. The van der Waals surface area contributed by atoms with Crippen molar-refractivity contribution in [2.45, 2.75) is 31.7 Å². The predicted molar refractivity (Wildman–Crippen MR) is 130 cm³/mol. The number of aryl methyl sites for hydroxylation is 1. The fraction of sp³-hybridized carbons (Fsp3) is 0.308. The van der Waals surface area contributed by atoms with E-state index in [2.05, 4.69) is 41.1 Å².